The van der Waals surface area contributed by atoms with Crippen molar-refractivity contribution in [2.24, 2.45) is 0 Å². The number of benzene rings is 2. The first-order valence-corrected chi connectivity index (χ1v) is 10.5. The normalized spacial score (nSPS) is 15.7. The minimum Gasteiger partial charge on any atom is -0.497 e. The van der Waals surface area contributed by atoms with E-state index in [1.165, 1.54) is 24.8 Å². The van der Waals surface area contributed by atoms with E-state index in [9.17, 15) is 0 Å². The van der Waals surface area contributed by atoms with Gasteiger partial charge in [-0.25, -0.2) is 9.97 Å². The molecule has 5 nitrogen and oxygen atoms in total. The number of nitrogens with zero attached hydrogens (tertiary/aromatic N) is 3. The van der Waals surface area contributed by atoms with Crippen LogP contribution >= 0.6 is 0 Å². The van der Waals surface area contributed by atoms with Crippen molar-refractivity contribution >= 4 is 11.5 Å². The van der Waals surface area contributed by atoms with E-state index in [4.69, 9.17) is 14.7 Å². The number of para-hydroxylation sites is 1. The molecular formula is C24H26N4O. The number of methoxy groups -OCH3 is 1. The molecule has 2 aliphatic rings. The maximum absolute atomic E-state index is 5.32. The molecule has 5 rings (SSSR count). The highest BCUT2D eigenvalue weighted by atomic mass is 16.5. The molecule has 0 aliphatic carbocycles. The average molecular weight is 386 g/mol. The van der Waals surface area contributed by atoms with Crippen LogP contribution in [0.5, 0.6) is 5.75 Å². The van der Waals surface area contributed by atoms with Crippen LogP contribution in [-0.4, -0.2) is 36.7 Å². The monoisotopic (exact) mass is 386 g/mol. The Kier molecular flexibility index (Phi) is 4.80. The van der Waals surface area contributed by atoms with Crippen LogP contribution in [-0.2, 0) is 6.42 Å². The zero-order valence-electron chi connectivity index (χ0n) is 16.8. The van der Waals surface area contributed by atoms with Gasteiger partial charge in [0.05, 0.1) is 12.8 Å². The van der Waals surface area contributed by atoms with Crippen molar-refractivity contribution in [2.45, 2.75) is 25.7 Å². The summed E-state index contributed by atoms with van der Waals surface area (Å²) in [5, 5.41) is 3.57. The number of nitrogens with one attached hydrogen (secondary N) is 1. The Morgan fingerprint density at radius 2 is 1.72 bits per heavy atom. The fourth-order valence-corrected chi connectivity index (χ4v) is 4.33. The molecule has 3 heterocycles. The second-order valence-electron chi connectivity index (χ2n) is 7.70. The molecule has 1 aromatic heterocycles. The van der Waals surface area contributed by atoms with Crippen molar-refractivity contribution in [1.29, 1.82) is 0 Å². The third kappa shape index (κ3) is 3.41. The van der Waals surface area contributed by atoms with E-state index >= 15 is 0 Å². The number of anilines is 2. The number of rotatable bonds is 3. The Balaban J connectivity index is 1.70. The number of fused-ring (bicyclic) bond motifs is 3. The molecule has 1 N–H and O–H groups in total. The predicted molar refractivity (Wildman–Crippen MR) is 118 cm³/mol. The van der Waals surface area contributed by atoms with Crippen LogP contribution in [0.1, 0.15) is 24.8 Å². The topological polar surface area (TPSA) is 50.3 Å². The molecule has 0 spiro atoms. The third-order valence-electron chi connectivity index (χ3n) is 5.86. The van der Waals surface area contributed by atoms with Crippen LogP contribution in [0.15, 0.2) is 48.5 Å². The van der Waals surface area contributed by atoms with E-state index in [-0.39, 0.29) is 0 Å². The van der Waals surface area contributed by atoms with Crippen LogP contribution < -0.4 is 15.0 Å². The fraction of sp³-hybridized carbons (Fsp3) is 0.333. The molecule has 0 bridgehead atoms. The standard InChI is InChI=1S/C24H26N4O/c1-29-18-11-9-17(10-12-18)23-26-22-19-7-3-4-8-21(19)25-14-13-20(22)24(27-23)28-15-5-2-6-16-28/h3-4,7-12,25H,2,5-6,13-16H2,1H3. The molecule has 2 aromatic carbocycles. The summed E-state index contributed by atoms with van der Waals surface area (Å²) in [5.74, 6) is 2.73. The molecule has 0 saturated carbocycles. The van der Waals surface area contributed by atoms with Gasteiger partial charge in [-0.15, -0.1) is 0 Å². The van der Waals surface area contributed by atoms with Crippen molar-refractivity contribution in [3.05, 3.63) is 54.1 Å². The SMILES string of the molecule is COc1ccc(-c2nc3c(c(N4CCCCC4)n2)CCNc2ccccc2-3)cc1. The molecule has 2 aliphatic heterocycles. The Morgan fingerprint density at radius 1 is 0.931 bits per heavy atom. The van der Waals surface area contributed by atoms with Crippen LogP contribution in [0.25, 0.3) is 22.6 Å². The van der Waals surface area contributed by atoms with E-state index < -0.39 is 0 Å². The van der Waals surface area contributed by atoms with Crippen LogP contribution in [0.4, 0.5) is 11.5 Å². The van der Waals surface area contributed by atoms with Gasteiger partial charge < -0.3 is 15.0 Å². The van der Waals surface area contributed by atoms with Crippen molar-refractivity contribution in [3.8, 4) is 28.4 Å². The van der Waals surface area contributed by atoms with Gasteiger partial charge in [0.15, 0.2) is 5.82 Å². The van der Waals surface area contributed by atoms with Gasteiger partial charge in [-0.05, 0) is 56.0 Å². The van der Waals surface area contributed by atoms with Gasteiger partial charge in [0.1, 0.15) is 11.6 Å². The number of hydrogen-bond acceptors (Lipinski definition) is 5. The molecule has 1 saturated heterocycles. The molecule has 29 heavy (non-hydrogen) atoms. The van der Waals surface area contributed by atoms with Crippen molar-refractivity contribution in [3.63, 3.8) is 0 Å². The molecule has 148 valence electrons. The molecule has 0 unspecified atom stereocenters. The smallest absolute Gasteiger partial charge is 0.162 e. The number of hydrogen-bond donors (Lipinski definition) is 1. The lowest BCUT2D eigenvalue weighted by Gasteiger charge is -2.30. The van der Waals surface area contributed by atoms with Crippen molar-refractivity contribution in [2.75, 3.05) is 37.0 Å². The largest absolute Gasteiger partial charge is 0.497 e. The highest BCUT2D eigenvalue weighted by Crippen LogP contribution is 2.38. The average Bonchev–Trinajstić information content (AvgIpc) is 2.98. The molecular weight excluding hydrogens is 360 g/mol. The first-order valence-electron chi connectivity index (χ1n) is 10.5. The summed E-state index contributed by atoms with van der Waals surface area (Å²) >= 11 is 0. The summed E-state index contributed by atoms with van der Waals surface area (Å²) < 4.78 is 5.32. The predicted octanol–water partition coefficient (Wildman–Crippen LogP) is 4.78. The maximum Gasteiger partial charge on any atom is 0.162 e. The lowest BCUT2D eigenvalue weighted by Crippen LogP contribution is -2.31. The maximum atomic E-state index is 5.32. The van der Waals surface area contributed by atoms with E-state index in [0.29, 0.717) is 0 Å². The highest BCUT2D eigenvalue weighted by Gasteiger charge is 2.25. The van der Waals surface area contributed by atoms with Crippen molar-refractivity contribution in [1.82, 2.24) is 9.97 Å². The molecule has 1 fully saturated rings. The Hall–Kier alpha value is -3.08. The minimum absolute atomic E-state index is 0.781. The van der Waals surface area contributed by atoms with Gasteiger partial charge in [0.2, 0.25) is 0 Å². The Labute approximate surface area is 171 Å². The first kappa shape index (κ1) is 18.0. The number of aromatic nitrogens is 2. The zero-order valence-corrected chi connectivity index (χ0v) is 16.8. The van der Waals surface area contributed by atoms with E-state index in [0.717, 1.165) is 66.0 Å². The van der Waals surface area contributed by atoms with Gasteiger partial charge >= 0.3 is 0 Å². The Bertz CT molecular complexity index is 1010. The molecule has 5 heteroatoms. The minimum atomic E-state index is 0.781. The van der Waals surface area contributed by atoms with Crippen molar-refractivity contribution < 1.29 is 4.74 Å². The number of piperidine rings is 1. The van der Waals surface area contributed by atoms with Gasteiger partial charge in [0, 0.05) is 42.0 Å². The summed E-state index contributed by atoms with van der Waals surface area (Å²) in [6, 6.07) is 16.5. The lowest BCUT2D eigenvalue weighted by molar-refractivity contribution is 0.415. The van der Waals surface area contributed by atoms with Gasteiger partial charge in [-0.3, -0.25) is 0 Å². The van der Waals surface area contributed by atoms with Crippen LogP contribution in [0, 0.1) is 0 Å². The second-order valence-corrected chi connectivity index (χ2v) is 7.70. The highest BCUT2D eigenvalue weighted by molar-refractivity contribution is 5.82. The fourth-order valence-electron chi connectivity index (χ4n) is 4.33. The molecule has 0 atom stereocenters. The van der Waals surface area contributed by atoms with Gasteiger partial charge in [-0.2, -0.15) is 0 Å². The molecule has 3 aromatic rings. The number of ether oxygens (including phenoxy) is 1. The molecule has 0 radical (unpaired) electrons. The summed E-state index contributed by atoms with van der Waals surface area (Å²) in [6.07, 6.45) is 4.69. The second kappa shape index (κ2) is 7.74. The van der Waals surface area contributed by atoms with E-state index in [1.54, 1.807) is 7.11 Å². The van der Waals surface area contributed by atoms with Crippen LogP contribution in [0.2, 0.25) is 0 Å². The quantitative estimate of drug-likeness (QED) is 0.702. The van der Waals surface area contributed by atoms with E-state index in [2.05, 4.69) is 34.5 Å². The summed E-state index contributed by atoms with van der Waals surface area (Å²) in [7, 11) is 1.69. The van der Waals surface area contributed by atoms with Gasteiger partial charge in [-0.1, -0.05) is 18.2 Å². The Morgan fingerprint density at radius 3 is 2.52 bits per heavy atom. The third-order valence-corrected chi connectivity index (χ3v) is 5.86. The summed E-state index contributed by atoms with van der Waals surface area (Å²) in [4.78, 5) is 12.6. The molecule has 0 amide bonds. The summed E-state index contributed by atoms with van der Waals surface area (Å²) in [6.45, 7) is 3.04. The summed E-state index contributed by atoms with van der Waals surface area (Å²) in [5.41, 5.74) is 5.65. The van der Waals surface area contributed by atoms with E-state index in [1.807, 2.05) is 24.3 Å². The van der Waals surface area contributed by atoms with Gasteiger partial charge in [0.25, 0.3) is 0 Å². The lowest BCUT2D eigenvalue weighted by atomic mass is 10.0. The first-order chi connectivity index (χ1) is 14.3. The zero-order chi connectivity index (χ0) is 19.6. The van der Waals surface area contributed by atoms with Crippen LogP contribution in [0.3, 0.4) is 0 Å².